The largest absolute Gasteiger partial charge is 0.441 e. The van der Waals surface area contributed by atoms with Gasteiger partial charge in [-0.3, -0.25) is 4.90 Å². The summed E-state index contributed by atoms with van der Waals surface area (Å²) in [5, 5.41) is 21.9. The Kier molecular flexibility index (Phi) is 4.51. The standard InChI is InChI=1S/C17H16F2N6O3/c18-17(19)5-11(25-8-12(9-26)28-16(25)27)2-3-13(17)10-1-4-14(20-6-10)22-15-7-21-24-23-15/h1-4,6-7,12,26H,5,8-9H2,(H2,20,21,22,23,24). The molecule has 11 heteroatoms. The summed E-state index contributed by atoms with van der Waals surface area (Å²) in [4.78, 5) is 17.1. The van der Waals surface area contributed by atoms with Crippen LogP contribution in [0.5, 0.6) is 0 Å². The van der Waals surface area contributed by atoms with E-state index in [0.717, 1.165) is 4.90 Å². The van der Waals surface area contributed by atoms with Crippen molar-refractivity contribution in [1.29, 1.82) is 0 Å². The fourth-order valence-electron chi connectivity index (χ4n) is 3.05. The van der Waals surface area contributed by atoms with Crippen molar-refractivity contribution in [2.75, 3.05) is 18.5 Å². The zero-order valence-corrected chi connectivity index (χ0v) is 14.5. The summed E-state index contributed by atoms with van der Waals surface area (Å²) in [6.07, 6.45) is 3.46. The number of hydrogen-bond acceptors (Lipinski definition) is 7. The van der Waals surface area contributed by atoms with E-state index in [1.807, 2.05) is 0 Å². The highest BCUT2D eigenvalue weighted by Gasteiger charge is 2.42. The Hall–Kier alpha value is -3.34. The van der Waals surface area contributed by atoms with Gasteiger partial charge in [0.15, 0.2) is 5.82 Å². The van der Waals surface area contributed by atoms with E-state index < -0.39 is 24.5 Å². The number of pyridine rings is 1. The summed E-state index contributed by atoms with van der Waals surface area (Å²) in [7, 11) is 0. The molecule has 4 rings (SSSR count). The number of carbonyl (C=O) groups excluding carboxylic acids is 1. The molecular formula is C17H16F2N6O3. The maximum absolute atomic E-state index is 14.8. The Labute approximate surface area is 157 Å². The quantitative estimate of drug-likeness (QED) is 0.716. The molecule has 1 saturated heterocycles. The maximum atomic E-state index is 14.8. The molecule has 28 heavy (non-hydrogen) atoms. The molecule has 1 unspecified atom stereocenters. The second kappa shape index (κ2) is 7.00. The second-order valence-electron chi connectivity index (χ2n) is 6.33. The van der Waals surface area contributed by atoms with Crippen molar-refractivity contribution in [3.63, 3.8) is 0 Å². The van der Waals surface area contributed by atoms with Crippen molar-refractivity contribution in [2.24, 2.45) is 0 Å². The third kappa shape index (κ3) is 3.43. The van der Waals surface area contributed by atoms with Gasteiger partial charge < -0.3 is 15.2 Å². The van der Waals surface area contributed by atoms with Gasteiger partial charge >= 0.3 is 6.09 Å². The second-order valence-corrected chi connectivity index (χ2v) is 6.33. The predicted molar refractivity (Wildman–Crippen MR) is 93.6 cm³/mol. The van der Waals surface area contributed by atoms with Gasteiger partial charge in [0.25, 0.3) is 5.92 Å². The number of anilines is 2. The number of nitrogens with zero attached hydrogens (tertiary/aromatic N) is 4. The molecule has 2 aromatic heterocycles. The van der Waals surface area contributed by atoms with Crippen molar-refractivity contribution >= 4 is 23.3 Å². The monoisotopic (exact) mass is 390 g/mol. The first kappa shape index (κ1) is 18.0. The van der Waals surface area contributed by atoms with Gasteiger partial charge in [-0.25, -0.2) is 18.6 Å². The van der Waals surface area contributed by atoms with Crippen LogP contribution in [0.2, 0.25) is 0 Å². The van der Waals surface area contributed by atoms with E-state index in [4.69, 9.17) is 9.84 Å². The molecule has 0 radical (unpaired) electrons. The molecule has 146 valence electrons. The van der Waals surface area contributed by atoms with Crippen LogP contribution in [-0.2, 0) is 4.74 Å². The molecule has 1 atom stereocenters. The first-order valence-corrected chi connectivity index (χ1v) is 8.43. The molecule has 1 amide bonds. The zero-order chi connectivity index (χ0) is 19.7. The lowest BCUT2D eigenvalue weighted by atomic mass is 9.92. The number of alkyl halides is 2. The number of hydrogen-bond donors (Lipinski definition) is 3. The minimum Gasteiger partial charge on any atom is -0.441 e. The number of nitrogens with one attached hydrogen (secondary N) is 2. The van der Waals surface area contributed by atoms with Gasteiger partial charge in [0.1, 0.15) is 11.9 Å². The minimum absolute atomic E-state index is 0.0460. The van der Waals surface area contributed by atoms with Gasteiger partial charge in [-0.05, 0) is 18.2 Å². The van der Waals surface area contributed by atoms with E-state index in [1.54, 1.807) is 6.07 Å². The third-order valence-electron chi connectivity index (χ3n) is 4.41. The average Bonchev–Trinajstić information content (AvgIpc) is 3.31. The van der Waals surface area contributed by atoms with Gasteiger partial charge in [0, 0.05) is 23.0 Å². The summed E-state index contributed by atoms with van der Waals surface area (Å²) < 4.78 is 34.4. The number of halogens is 2. The number of H-pyrrole nitrogens is 1. The van der Waals surface area contributed by atoms with Crippen LogP contribution in [0.3, 0.4) is 0 Å². The SMILES string of the molecule is O=C1OC(CO)CN1C1=CC=C(c2ccc(Nc3cn[nH]n3)nc2)C(F)(F)C1. The van der Waals surface area contributed by atoms with E-state index in [9.17, 15) is 13.6 Å². The first-order valence-electron chi connectivity index (χ1n) is 8.43. The minimum atomic E-state index is -3.19. The highest BCUT2D eigenvalue weighted by atomic mass is 19.3. The lowest BCUT2D eigenvalue weighted by Gasteiger charge is -2.28. The van der Waals surface area contributed by atoms with Gasteiger partial charge in [-0.2, -0.15) is 10.3 Å². The number of aliphatic hydroxyl groups excluding tert-OH is 1. The van der Waals surface area contributed by atoms with Crippen LogP contribution in [-0.4, -0.2) is 61.7 Å². The molecule has 0 saturated carbocycles. The number of amides is 1. The van der Waals surface area contributed by atoms with Crippen LogP contribution in [0.4, 0.5) is 25.2 Å². The topological polar surface area (TPSA) is 116 Å². The highest BCUT2D eigenvalue weighted by Crippen LogP contribution is 2.42. The number of rotatable bonds is 5. The van der Waals surface area contributed by atoms with E-state index in [0.29, 0.717) is 11.6 Å². The Balaban J connectivity index is 1.55. The lowest BCUT2D eigenvalue weighted by molar-refractivity contribution is 0.0594. The smallest absolute Gasteiger partial charge is 0.414 e. The molecular weight excluding hydrogens is 374 g/mol. The van der Waals surface area contributed by atoms with Crippen molar-refractivity contribution in [2.45, 2.75) is 18.4 Å². The number of allylic oxidation sites excluding steroid dienone is 4. The highest BCUT2D eigenvalue weighted by molar-refractivity contribution is 5.77. The molecule has 0 spiro atoms. The van der Waals surface area contributed by atoms with Gasteiger partial charge in [0.2, 0.25) is 0 Å². The Morgan fingerprint density at radius 2 is 2.18 bits per heavy atom. The molecule has 1 aliphatic heterocycles. The van der Waals surface area contributed by atoms with Crippen molar-refractivity contribution in [3.05, 3.63) is 47.9 Å². The van der Waals surface area contributed by atoms with Crippen LogP contribution < -0.4 is 5.32 Å². The summed E-state index contributed by atoms with van der Waals surface area (Å²) >= 11 is 0. The third-order valence-corrected chi connectivity index (χ3v) is 4.41. The van der Waals surface area contributed by atoms with Crippen LogP contribution in [0.15, 0.2) is 42.4 Å². The van der Waals surface area contributed by atoms with Gasteiger partial charge in [-0.15, -0.1) is 5.10 Å². The maximum Gasteiger partial charge on any atom is 0.414 e. The Morgan fingerprint density at radius 3 is 2.79 bits per heavy atom. The Morgan fingerprint density at radius 1 is 1.32 bits per heavy atom. The molecule has 2 aliphatic rings. The summed E-state index contributed by atoms with van der Waals surface area (Å²) in [6.45, 7) is -0.308. The van der Waals surface area contributed by atoms with Crippen LogP contribution in [0.1, 0.15) is 12.0 Å². The molecule has 1 aliphatic carbocycles. The molecule has 0 aromatic carbocycles. The van der Waals surface area contributed by atoms with Crippen LogP contribution in [0, 0.1) is 0 Å². The number of aromatic nitrogens is 4. The zero-order valence-electron chi connectivity index (χ0n) is 14.5. The van der Waals surface area contributed by atoms with Gasteiger partial charge in [-0.1, -0.05) is 6.08 Å². The lowest BCUT2D eigenvalue weighted by Crippen LogP contribution is -2.32. The molecule has 9 nitrogen and oxygen atoms in total. The number of cyclic esters (lactones) is 1. The average molecular weight is 390 g/mol. The summed E-state index contributed by atoms with van der Waals surface area (Å²) in [5.41, 5.74) is 0.221. The number of aliphatic hydroxyl groups is 1. The molecule has 0 bridgehead atoms. The molecule has 1 fully saturated rings. The van der Waals surface area contributed by atoms with Crippen LogP contribution >= 0.6 is 0 Å². The van der Waals surface area contributed by atoms with Crippen molar-refractivity contribution in [1.82, 2.24) is 25.3 Å². The van der Waals surface area contributed by atoms with Gasteiger partial charge in [0.05, 0.1) is 25.8 Å². The summed E-state index contributed by atoms with van der Waals surface area (Å²) in [5.74, 6) is -2.30. The van der Waals surface area contributed by atoms with E-state index in [-0.39, 0.29) is 30.0 Å². The predicted octanol–water partition coefficient (Wildman–Crippen LogP) is 2.06. The number of aromatic amines is 1. The first-order chi connectivity index (χ1) is 13.5. The molecule has 2 aromatic rings. The van der Waals surface area contributed by atoms with Crippen molar-refractivity contribution in [3.8, 4) is 0 Å². The normalized spacial score (nSPS) is 21.2. The van der Waals surface area contributed by atoms with Crippen LogP contribution in [0.25, 0.3) is 5.57 Å². The fraction of sp³-hybridized carbons (Fsp3) is 0.294. The van der Waals surface area contributed by atoms with Crippen molar-refractivity contribution < 1.29 is 23.4 Å². The van der Waals surface area contributed by atoms with E-state index >= 15 is 0 Å². The molecule has 3 N–H and O–H groups in total. The van der Waals surface area contributed by atoms with E-state index in [1.165, 1.54) is 30.6 Å². The molecule has 3 heterocycles. The number of ether oxygens (including phenoxy) is 1. The van der Waals surface area contributed by atoms with E-state index in [2.05, 4.69) is 25.7 Å². The fourth-order valence-corrected chi connectivity index (χ4v) is 3.05. The summed E-state index contributed by atoms with van der Waals surface area (Å²) in [6, 6.07) is 3.09. The Bertz CT molecular complexity index is 927. The number of carbonyl (C=O) groups is 1.